The van der Waals surface area contributed by atoms with E-state index < -0.39 is 15.9 Å². The molecular formula is C10H17N3O4S2. The highest BCUT2D eigenvalue weighted by molar-refractivity contribution is 7.91. The Bertz CT molecular complexity index is 477. The molecule has 7 nitrogen and oxygen atoms in total. The first-order valence-corrected chi connectivity index (χ1v) is 8.62. The monoisotopic (exact) mass is 307 g/mol. The first-order chi connectivity index (χ1) is 9.05. The minimum atomic E-state index is -2.92. The number of rotatable bonds is 6. The second kappa shape index (κ2) is 6.60. The van der Waals surface area contributed by atoms with Crippen LogP contribution in [0.1, 0.15) is 12.8 Å². The third-order valence-electron chi connectivity index (χ3n) is 2.87. The number of ether oxygens (including phenoxy) is 1. The molecule has 2 heterocycles. The Labute approximate surface area is 116 Å². The van der Waals surface area contributed by atoms with Gasteiger partial charge in [-0.3, -0.25) is 0 Å². The van der Waals surface area contributed by atoms with Crippen LogP contribution in [0.15, 0.2) is 6.20 Å². The maximum Gasteiger partial charge on any atom is 0.245 e. The fourth-order valence-corrected chi connectivity index (χ4v) is 3.98. The van der Waals surface area contributed by atoms with Gasteiger partial charge in [0.05, 0.1) is 23.2 Å². The topological polar surface area (TPSA) is 101 Å². The smallest absolute Gasteiger partial charge is 0.245 e. The zero-order valence-electron chi connectivity index (χ0n) is 10.4. The van der Waals surface area contributed by atoms with E-state index in [-0.39, 0.29) is 24.2 Å². The van der Waals surface area contributed by atoms with E-state index in [9.17, 15) is 13.5 Å². The van der Waals surface area contributed by atoms with Crippen LogP contribution in [-0.2, 0) is 9.84 Å². The highest BCUT2D eigenvalue weighted by Crippen LogP contribution is 2.12. The predicted octanol–water partition coefficient (Wildman–Crippen LogP) is -0.555. The van der Waals surface area contributed by atoms with Gasteiger partial charge >= 0.3 is 0 Å². The molecule has 0 spiro atoms. The lowest BCUT2D eigenvalue weighted by molar-refractivity contribution is 0.102. The molecule has 0 saturated carbocycles. The molecular weight excluding hydrogens is 290 g/mol. The van der Waals surface area contributed by atoms with E-state index in [1.807, 2.05) is 0 Å². The van der Waals surface area contributed by atoms with Crippen molar-refractivity contribution in [3.8, 4) is 5.88 Å². The van der Waals surface area contributed by atoms with Crippen molar-refractivity contribution < 1.29 is 18.3 Å². The van der Waals surface area contributed by atoms with E-state index >= 15 is 0 Å². The summed E-state index contributed by atoms with van der Waals surface area (Å²) >= 11 is 1.04. The summed E-state index contributed by atoms with van der Waals surface area (Å²) in [6, 6.07) is -0.0747. The van der Waals surface area contributed by atoms with Gasteiger partial charge in [-0.05, 0) is 12.8 Å². The van der Waals surface area contributed by atoms with Crippen molar-refractivity contribution in [2.75, 3.05) is 24.7 Å². The molecule has 0 aliphatic carbocycles. The molecule has 2 rings (SSSR count). The molecule has 1 aliphatic rings. The van der Waals surface area contributed by atoms with Gasteiger partial charge in [0.2, 0.25) is 5.88 Å². The number of nitrogens with zero attached hydrogens (tertiary/aromatic N) is 2. The van der Waals surface area contributed by atoms with E-state index in [1.54, 1.807) is 0 Å². The molecule has 2 unspecified atom stereocenters. The van der Waals surface area contributed by atoms with Gasteiger partial charge < -0.3 is 15.2 Å². The normalized spacial score (nSPS) is 23.9. The van der Waals surface area contributed by atoms with Gasteiger partial charge in [0.15, 0.2) is 9.84 Å². The molecule has 108 valence electrons. The molecule has 1 aliphatic heterocycles. The molecule has 0 amide bonds. The van der Waals surface area contributed by atoms with Crippen molar-refractivity contribution in [1.29, 1.82) is 0 Å². The Morgan fingerprint density at radius 3 is 3.16 bits per heavy atom. The fraction of sp³-hybridized carbons (Fsp3) is 0.800. The van der Waals surface area contributed by atoms with Gasteiger partial charge in [-0.2, -0.15) is 4.37 Å². The molecule has 2 atom stereocenters. The maximum absolute atomic E-state index is 11.4. The standard InChI is InChI=1S/C10H17N3O4S2/c14-9(6-17-10-5-12-18-13-10)4-11-8-2-1-3-19(15,16)7-8/h5,8-9,11,14H,1-4,6-7H2. The first-order valence-electron chi connectivity index (χ1n) is 6.07. The van der Waals surface area contributed by atoms with Crippen molar-refractivity contribution in [3.63, 3.8) is 0 Å². The largest absolute Gasteiger partial charge is 0.473 e. The van der Waals surface area contributed by atoms with Crippen LogP contribution >= 0.6 is 11.7 Å². The zero-order chi connectivity index (χ0) is 13.7. The van der Waals surface area contributed by atoms with E-state index in [1.165, 1.54) is 6.20 Å². The minimum absolute atomic E-state index is 0.0747. The quantitative estimate of drug-likeness (QED) is 0.726. The summed E-state index contributed by atoms with van der Waals surface area (Å²) in [5.41, 5.74) is 0. The second-order valence-corrected chi connectivity index (χ2v) is 7.36. The molecule has 0 radical (unpaired) electrons. The van der Waals surface area contributed by atoms with Crippen molar-refractivity contribution in [1.82, 2.24) is 14.1 Å². The SMILES string of the molecule is O=S1(=O)CCCC(NCC(O)COc2cnsn2)C1. The van der Waals surface area contributed by atoms with Gasteiger partial charge in [-0.1, -0.05) is 0 Å². The molecule has 0 aromatic carbocycles. The third kappa shape index (κ3) is 5.01. The summed E-state index contributed by atoms with van der Waals surface area (Å²) in [6.45, 7) is 0.412. The number of aromatic nitrogens is 2. The van der Waals surface area contributed by atoms with Gasteiger partial charge in [-0.25, -0.2) is 8.42 Å². The Morgan fingerprint density at radius 2 is 2.47 bits per heavy atom. The van der Waals surface area contributed by atoms with Crippen LogP contribution in [0.4, 0.5) is 0 Å². The summed E-state index contributed by atoms with van der Waals surface area (Å²) in [6.07, 6.45) is 2.28. The molecule has 2 N–H and O–H groups in total. The average Bonchev–Trinajstić information content (AvgIpc) is 2.86. The highest BCUT2D eigenvalue weighted by Gasteiger charge is 2.24. The summed E-state index contributed by atoms with van der Waals surface area (Å²) in [5.74, 6) is 0.814. The van der Waals surface area contributed by atoms with E-state index in [2.05, 4.69) is 14.1 Å². The number of aliphatic hydroxyl groups is 1. The number of nitrogens with one attached hydrogen (secondary N) is 1. The molecule has 19 heavy (non-hydrogen) atoms. The first kappa shape index (κ1) is 14.6. The molecule has 1 aromatic rings. The molecule has 9 heteroatoms. The summed E-state index contributed by atoms with van der Waals surface area (Å²) in [7, 11) is -2.92. The van der Waals surface area contributed by atoms with Crippen LogP contribution in [0.3, 0.4) is 0 Å². The van der Waals surface area contributed by atoms with Crippen LogP contribution in [0.25, 0.3) is 0 Å². The number of aliphatic hydroxyl groups excluding tert-OH is 1. The van der Waals surface area contributed by atoms with Crippen molar-refractivity contribution >= 4 is 21.6 Å². The Balaban J connectivity index is 1.67. The lowest BCUT2D eigenvalue weighted by atomic mass is 10.2. The molecule has 1 saturated heterocycles. The molecule has 1 fully saturated rings. The second-order valence-electron chi connectivity index (χ2n) is 4.57. The highest BCUT2D eigenvalue weighted by atomic mass is 32.2. The Morgan fingerprint density at radius 1 is 1.63 bits per heavy atom. The van der Waals surface area contributed by atoms with Crippen molar-refractivity contribution in [2.45, 2.75) is 25.0 Å². The number of hydrogen-bond acceptors (Lipinski definition) is 8. The Hall–Kier alpha value is -0.770. The van der Waals surface area contributed by atoms with E-state index in [0.29, 0.717) is 18.8 Å². The minimum Gasteiger partial charge on any atom is -0.473 e. The summed E-state index contributed by atoms with van der Waals surface area (Å²) in [5, 5.41) is 12.8. The van der Waals surface area contributed by atoms with E-state index in [0.717, 1.165) is 18.1 Å². The van der Waals surface area contributed by atoms with E-state index in [4.69, 9.17) is 4.74 Å². The van der Waals surface area contributed by atoms with Crippen LogP contribution in [0, 0.1) is 0 Å². The molecule has 0 bridgehead atoms. The summed E-state index contributed by atoms with van der Waals surface area (Å²) in [4.78, 5) is 0. The van der Waals surface area contributed by atoms with Crippen LogP contribution in [0.5, 0.6) is 5.88 Å². The van der Waals surface area contributed by atoms with Crippen molar-refractivity contribution in [2.24, 2.45) is 0 Å². The average molecular weight is 307 g/mol. The third-order valence-corrected chi connectivity index (χ3v) is 5.15. The Kier molecular flexibility index (Phi) is 5.08. The van der Waals surface area contributed by atoms with Crippen LogP contribution in [-0.4, -0.2) is 59.1 Å². The molecule has 1 aromatic heterocycles. The predicted molar refractivity (Wildman–Crippen MR) is 71.1 cm³/mol. The van der Waals surface area contributed by atoms with Crippen molar-refractivity contribution in [3.05, 3.63) is 6.20 Å². The lowest BCUT2D eigenvalue weighted by Crippen LogP contribution is -2.44. The number of hydrogen-bond donors (Lipinski definition) is 2. The zero-order valence-corrected chi connectivity index (χ0v) is 12.0. The lowest BCUT2D eigenvalue weighted by Gasteiger charge is -2.24. The van der Waals surface area contributed by atoms with Gasteiger partial charge in [0.1, 0.15) is 18.9 Å². The van der Waals surface area contributed by atoms with Crippen LogP contribution in [0.2, 0.25) is 0 Å². The van der Waals surface area contributed by atoms with Gasteiger partial charge in [0.25, 0.3) is 0 Å². The van der Waals surface area contributed by atoms with Gasteiger partial charge in [0, 0.05) is 12.6 Å². The van der Waals surface area contributed by atoms with Gasteiger partial charge in [-0.15, -0.1) is 4.37 Å². The summed E-state index contributed by atoms with van der Waals surface area (Å²) < 4.78 is 35.7. The number of sulfone groups is 1. The maximum atomic E-state index is 11.4. The van der Waals surface area contributed by atoms with Crippen LogP contribution < -0.4 is 10.1 Å². The fourth-order valence-electron chi connectivity index (χ4n) is 1.95.